The maximum absolute atomic E-state index is 12.2. The molecule has 6 heteroatoms. The molecule has 0 radical (unpaired) electrons. The summed E-state index contributed by atoms with van der Waals surface area (Å²) < 4.78 is 3.40. The fraction of sp³-hybridized carbons (Fsp3) is 0.158. The topological polar surface area (TPSA) is 65.6 Å². The molecule has 0 fully saturated rings. The third-order valence-electron chi connectivity index (χ3n) is 4.21. The van der Waals surface area contributed by atoms with Crippen LogP contribution in [0.5, 0.6) is 0 Å². The summed E-state index contributed by atoms with van der Waals surface area (Å²) in [6.45, 7) is 0. The molecule has 3 aromatic heterocycles. The predicted molar refractivity (Wildman–Crippen MR) is 95.8 cm³/mol. The van der Waals surface area contributed by atoms with Gasteiger partial charge >= 0.3 is 0 Å². The Kier molecular flexibility index (Phi) is 3.85. The van der Waals surface area contributed by atoms with E-state index in [0.29, 0.717) is 12.1 Å². The molecule has 0 aliphatic heterocycles. The molecule has 124 valence electrons. The highest BCUT2D eigenvalue weighted by molar-refractivity contribution is 5.81. The molecule has 0 saturated carbocycles. The smallest absolute Gasteiger partial charge is 0.203 e. The first-order valence-corrected chi connectivity index (χ1v) is 8.11. The first kappa shape index (κ1) is 15.3. The zero-order valence-electron chi connectivity index (χ0n) is 13.8. The molecule has 3 heterocycles. The lowest BCUT2D eigenvalue weighted by atomic mass is 10.0. The second-order valence-corrected chi connectivity index (χ2v) is 5.93. The maximum atomic E-state index is 12.2. The molecule has 0 saturated heterocycles. The Hall–Kier alpha value is -3.28. The average molecular weight is 331 g/mol. The van der Waals surface area contributed by atoms with E-state index in [0.717, 1.165) is 23.0 Å². The van der Waals surface area contributed by atoms with E-state index in [9.17, 15) is 4.79 Å². The SMILES string of the molecule is Cn1cc(-n2ccc(=O)c(CCc3ccnc4ccccc34)n2)cn1. The van der Waals surface area contributed by atoms with Gasteiger partial charge in [-0.25, -0.2) is 4.68 Å². The monoisotopic (exact) mass is 331 g/mol. The van der Waals surface area contributed by atoms with Gasteiger partial charge in [-0.05, 0) is 30.5 Å². The predicted octanol–water partition coefficient (Wildman–Crippen LogP) is 2.30. The van der Waals surface area contributed by atoms with E-state index in [1.165, 1.54) is 5.56 Å². The van der Waals surface area contributed by atoms with E-state index in [-0.39, 0.29) is 5.43 Å². The van der Waals surface area contributed by atoms with Gasteiger partial charge in [-0.2, -0.15) is 10.2 Å². The molecule has 0 spiro atoms. The third-order valence-corrected chi connectivity index (χ3v) is 4.21. The minimum Gasteiger partial charge on any atom is -0.288 e. The summed E-state index contributed by atoms with van der Waals surface area (Å²) in [5, 5.41) is 9.75. The number of para-hydroxylation sites is 1. The number of pyridine rings is 1. The Bertz CT molecular complexity index is 1090. The molecule has 0 atom stereocenters. The molecule has 6 nitrogen and oxygen atoms in total. The Labute approximate surface area is 144 Å². The van der Waals surface area contributed by atoms with Crippen molar-refractivity contribution < 1.29 is 0 Å². The fourth-order valence-corrected chi connectivity index (χ4v) is 2.92. The lowest BCUT2D eigenvalue weighted by molar-refractivity contribution is 0.754. The highest BCUT2D eigenvalue weighted by atomic mass is 16.1. The number of rotatable bonds is 4. The number of nitrogens with zero attached hydrogens (tertiary/aromatic N) is 5. The van der Waals surface area contributed by atoms with Crippen LogP contribution in [-0.2, 0) is 19.9 Å². The minimum atomic E-state index is -0.0431. The first-order valence-electron chi connectivity index (χ1n) is 8.11. The van der Waals surface area contributed by atoms with Crippen LogP contribution in [0, 0.1) is 0 Å². The third kappa shape index (κ3) is 3.06. The summed E-state index contributed by atoms with van der Waals surface area (Å²) in [4.78, 5) is 16.6. The van der Waals surface area contributed by atoms with Gasteiger partial charge in [0.25, 0.3) is 0 Å². The van der Waals surface area contributed by atoms with Crippen molar-refractivity contribution in [1.82, 2.24) is 24.5 Å². The normalized spacial score (nSPS) is 11.1. The minimum absolute atomic E-state index is 0.0431. The Balaban J connectivity index is 1.63. The van der Waals surface area contributed by atoms with E-state index in [1.807, 2.05) is 43.7 Å². The van der Waals surface area contributed by atoms with Crippen LogP contribution in [0.4, 0.5) is 0 Å². The second-order valence-electron chi connectivity index (χ2n) is 5.93. The van der Waals surface area contributed by atoms with Gasteiger partial charge in [0.1, 0.15) is 11.4 Å². The lowest BCUT2D eigenvalue weighted by Gasteiger charge is -2.07. The number of aromatic nitrogens is 5. The lowest BCUT2D eigenvalue weighted by Crippen LogP contribution is -2.16. The summed E-state index contributed by atoms with van der Waals surface area (Å²) >= 11 is 0. The number of hydrogen-bond acceptors (Lipinski definition) is 4. The van der Waals surface area contributed by atoms with Crippen LogP contribution in [0.3, 0.4) is 0 Å². The van der Waals surface area contributed by atoms with Gasteiger partial charge in [-0.1, -0.05) is 18.2 Å². The van der Waals surface area contributed by atoms with Gasteiger partial charge in [-0.3, -0.25) is 14.5 Å². The van der Waals surface area contributed by atoms with Crippen LogP contribution >= 0.6 is 0 Å². The van der Waals surface area contributed by atoms with Gasteiger partial charge in [-0.15, -0.1) is 0 Å². The van der Waals surface area contributed by atoms with Crippen molar-refractivity contribution >= 4 is 10.9 Å². The van der Waals surface area contributed by atoms with Crippen LogP contribution in [0.1, 0.15) is 11.3 Å². The summed E-state index contributed by atoms with van der Waals surface area (Å²) in [6.07, 6.45) is 8.38. The molecule has 0 aliphatic rings. The summed E-state index contributed by atoms with van der Waals surface area (Å²) in [5.41, 5.74) is 3.47. The number of benzene rings is 1. The molecule has 4 aromatic rings. The number of aryl methyl sites for hydroxylation is 3. The molecule has 4 rings (SSSR count). The van der Waals surface area contributed by atoms with Gasteiger partial charge in [0.05, 0.1) is 17.9 Å². The van der Waals surface area contributed by atoms with Gasteiger partial charge in [0.2, 0.25) is 5.43 Å². The molecular weight excluding hydrogens is 314 g/mol. The van der Waals surface area contributed by atoms with E-state index in [4.69, 9.17) is 0 Å². The van der Waals surface area contributed by atoms with Crippen LogP contribution in [-0.4, -0.2) is 24.5 Å². The van der Waals surface area contributed by atoms with Crippen molar-refractivity contribution in [3.63, 3.8) is 0 Å². The van der Waals surface area contributed by atoms with Crippen molar-refractivity contribution in [3.05, 3.63) is 82.7 Å². The van der Waals surface area contributed by atoms with Crippen molar-refractivity contribution in [1.29, 1.82) is 0 Å². The molecule has 1 aromatic carbocycles. The maximum Gasteiger partial charge on any atom is 0.203 e. The van der Waals surface area contributed by atoms with Crippen molar-refractivity contribution in [2.45, 2.75) is 12.8 Å². The zero-order chi connectivity index (χ0) is 17.2. The van der Waals surface area contributed by atoms with Crippen LogP contribution < -0.4 is 5.43 Å². The van der Waals surface area contributed by atoms with Gasteiger partial charge < -0.3 is 0 Å². The Morgan fingerprint density at radius 1 is 1.08 bits per heavy atom. The van der Waals surface area contributed by atoms with Crippen molar-refractivity contribution in [3.8, 4) is 5.69 Å². The first-order chi connectivity index (χ1) is 12.2. The zero-order valence-corrected chi connectivity index (χ0v) is 13.8. The molecule has 25 heavy (non-hydrogen) atoms. The van der Waals surface area contributed by atoms with Crippen LogP contribution in [0.2, 0.25) is 0 Å². The van der Waals surface area contributed by atoms with Crippen LogP contribution in [0.25, 0.3) is 16.6 Å². The van der Waals surface area contributed by atoms with E-state index >= 15 is 0 Å². The van der Waals surface area contributed by atoms with Gasteiger partial charge in [0.15, 0.2) is 0 Å². The van der Waals surface area contributed by atoms with Crippen molar-refractivity contribution in [2.75, 3.05) is 0 Å². The highest BCUT2D eigenvalue weighted by Crippen LogP contribution is 2.17. The molecule has 0 bridgehead atoms. The number of fused-ring (bicyclic) bond motifs is 1. The quantitative estimate of drug-likeness (QED) is 0.575. The molecule has 0 amide bonds. The molecule has 0 aliphatic carbocycles. The Morgan fingerprint density at radius 2 is 1.96 bits per heavy atom. The largest absolute Gasteiger partial charge is 0.288 e. The average Bonchev–Trinajstić information content (AvgIpc) is 3.07. The fourth-order valence-electron chi connectivity index (χ4n) is 2.92. The highest BCUT2D eigenvalue weighted by Gasteiger charge is 2.08. The van der Waals surface area contributed by atoms with E-state index in [2.05, 4.69) is 21.2 Å². The second kappa shape index (κ2) is 6.32. The number of hydrogen-bond donors (Lipinski definition) is 0. The summed E-state index contributed by atoms with van der Waals surface area (Å²) in [6, 6.07) is 11.6. The molecular formula is C19H17N5O. The van der Waals surface area contributed by atoms with Crippen LogP contribution in [0.15, 0.2) is 66.0 Å². The summed E-state index contributed by atoms with van der Waals surface area (Å²) in [5.74, 6) is 0. The summed E-state index contributed by atoms with van der Waals surface area (Å²) in [7, 11) is 1.85. The Morgan fingerprint density at radius 3 is 2.80 bits per heavy atom. The molecule has 0 unspecified atom stereocenters. The van der Waals surface area contributed by atoms with Gasteiger partial charge in [0, 0.05) is 30.9 Å². The van der Waals surface area contributed by atoms with Crippen molar-refractivity contribution in [2.24, 2.45) is 7.05 Å². The van der Waals surface area contributed by atoms with E-state index < -0.39 is 0 Å². The standard InChI is InChI=1S/C19H17N5O/c1-23-13-15(12-21-23)24-11-9-19(25)18(22-24)7-6-14-8-10-20-17-5-3-2-4-16(14)17/h2-5,8-13H,6-7H2,1H3. The van der Waals surface area contributed by atoms with E-state index in [1.54, 1.807) is 27.8 Å². The molecule has 0 N–H and O–H groups in total.